The van der Waals surface area contributed by atoms with Crippen molar-refractivity contribution in [3.63, 3.8) is 0 Å². The molecule has 140 valence electrons. The van der Waals surface area contributed by atoms with Gasteiger partial charge in [-0.2, -0.15) is 5.10 Å². The van der Waals surface area contributed by atoms with Crippen LogP contribution >= 0.6 is 0 Å². The molecule has 0 spiro atoms. The molecule has 0 radical (unpaired) electrons. The van der Waals surface area contributed by atoms with Gasteiger partial charge in [0, 0.05) is 30.8 Å². The summed E-state index contributed by atoms with van der Waals surface area (Å²) in [5.41, 5.74) is 2.51. The maximum absolute atomic E-state index is 13.2. The minimum Gasteiger partial charge on any atom is -0.456 e. The van der Waals surface area contributed by atoms with Crippen molar-refractivity contribution in [2.75, 3.05) is 6.54 Å². The van der Waals surface area contributed by atoms with Crippen molar-refractivity contribution in [1.82, 2.24) is 29.2 Å². The van der Waals surface area contributed by atoms with Crippen molar-refractivity contribution in [1.29, 1.82) is 0 Å². The zero-order valence-electron chi connectivity index (χ0n) is 15.4. The summed E-state index contributed by atoms with van der Waals surface area (Å²) in [5, 5.41) is 4.40. The summed E-state index contributed by atoms with van der Waals surface area (Å²) in [7, 11) is 0. The largest absolute Gasteiger partial charge is 0.456 e. The predicted octanol–water partition coefficient (Wildman–Crippen LogP) is 1.91. The third kappa shape index (κ3) is 3.55. The van der Waals surface area contributed by atoms with Crippen LogP contribution in [0.25, 0.3) is 0 Å². The fourth-order valence-electron chi connectivity index (χ4n) is 3.40. The lowest BCUT2D eigenvalue weighted by Crippen LogP contribution is -2.39. The van der Waals surface area contributed by atoms with Gasteiger partial charge in [0.25, 0.3) is 5.91 Å². The Balaban J connectivity index is 1.62. The van der Waals surface area contributed by atoms with E-state index in [0.29, 0.717) is 37.9 Å². The Hall–Kier alpha value is -3.16. The van der Waals surface area contributed by atoms with Crippen LogP contribution in [-0.2, 0) is 19.6 Å². The molecule has 4 rings (SSSR count). The molecular formula is C19H22N6O2. The smallest absolute Gasteiger partial charge is 0.316 e. The Morgan fingerprint density at radius 1 is 1.26 bits per heavy atom. The maximum Gasteiger partial charge on any atom is 0.316 e. The topological polar surface area (TPSA) is 78.1 Å². The van der Waals surface area contributed by atoms with Gasteiger partial charge >= 0.3 is 6.01 Å². The number of hydrogen-bond donors (Lipinski definition) is 0. The Labute approximate surface area is 157 Å². The van der Waals surface area contributed by atoms with E-state index in [0.717, 1.165) is 11.4 Å². The van der Waals surface area contributed by atoms with Crippen LogP contribution in [0.4, 0.5) is 0 Å². The first-order chi connectivity index (χ1) is 13.1. The number of rotatable bonds is 4. The van der Waals surface area contributed by atoms with Crippen LogP contribution in [-0.4, -0.2) is 47.8 Å². The van der Waals surface area contributed by atoms with Gasteiger partial charge in [-0.3, -0.25) is 9.48 Å². The van der Waals surface area contributed by atoms with Gasteiger partial charge < -0.3 is 14.2 Å². The van der Waals surface area contributed by atoms with E-state index < -0.39 is 0 Å². The number of aromatic nitrogens is 5. The molecule has 0 N–H and O–H groups in total. The number of carbonyl (C=O) groups is 1. The molecule has 1 amide bonds. The van der Waals surface area contributed by atoms with Gasteiger partial charge in [0.05, 0.1) is 25.3 Å². The number of fused-ring (bicyclic) bond motifs is 1. The van der Waals surface area contributed by atoms with Crippen LogP contribution < -0.4 is 4.74 Å². The van der Waals surface area contributed by atoms with Crippen molar-refractivity contribution in [2.24, 2.45) is 0 Å². The summed E-state index contributed by atoms with van der Waals surface area (Å²) >= 11 is 0. The van der Waals surface area contributed by atoms with Gasteiger partial charge in [-0.25, -0.2) is 9.97 Å². The summed E-state index contributed by atoms with van der Waals surface area (Å²) < 4.78 is 9.84. The molecule has 8 heteroatoms. The van der Waals surface area contributed by atoms with Gasteiger partial charge in [0.2, 0.25) is 0 Å². The molecular weight excluding hydrogens is 344 g/mol. The van der Waals surface area contributed by atoms with Crippen LogP contribution in [0.15, 0.2) is 42.9 Å². The molecule has 1 atom stereocenters. The van der Waals surface area contributed by atoms with E-state index in [2.05, 4.69) is 19.6 Å². The summed E-state index contributed by atoms with van der Waals surface area (Å²) in [4.78, 5) is 23.4. The molecule has 0 saturated heterocycles. The molecule has 1 aliphatic heterocycles. The molecule has 3 aromatic rings. The van der Waals surface area contributed by atoms with Crippen LogP contribution in [0, 0.1) is 6.92 Å². The number of aryl methyl sites for hydroxylation is 2. The van der Waals surface area contributed by atoms with Gasteiger partial charge in [-0.05, 0) is 38.1 Å². The van der Waals surface area contributed by atoms with E-state index in [9.17, 15) is 4.79 Å². The van der Waals surface area contributed by atoms with Gasteiger partial charge in [0.15, 0.2) is 0 Å². The Morgan fingerprint density at radius 2 is 2.07 bits per heavy atom. The second kappa shape index (κ2) is 7.22. The van der Waals surface area contributed by atoms with E-state index in [1.54, 1.807) is 23.1 Å². The van der Waals surface area contributed by atoms with E-state index in [4.69, 9.17) is 4.74 Å². The van der Waals surface area contributed by atoms with Crippen LogP contribution in [0.3, 0.4) is 0 Å². The quantitative estimate of drug-likeness (QED) is 0.705. The highest BCUT2D eigenvalue weighted by molar-refractivity contribution is 5.92. The minimum atomic E-state index is -0.246. The Kier molecular flexibility index (Phi) is 4.62. The molecule has 1 aliphatic rings. The van der Waals surface area contributed by atoms with E-state index >= 15 is 0 Å². The van der Waals surface area contributed by atoms with Gasteiger partial charge in [-0.15, -0.1) is 0 Å². The zero-order chi connectivity index (χ0) is 18.8. The highest BCUT2D eigenvalue weighted by Gasteiger charge is 2.29. The average molecular weight is 366 g/mol. The molecule has 8 nitrogen and oxygen atoms in total. The highest BCUT2D eigenvalue weighted by atomic mass is 16.5. The second-order valence-corrected chi connectivity index (χ2v) is 6.60. The summed E-state index contributed by atoms with van der Waals surface area (Å²) in [5.74, 6) is -0.0466. The minimum absolute atomic E-state index is 0.0466. The predicted molar refractivity (Wildman–Crippen MR) is 98.3 cm³/mol. The molecule has 0 bridgehead atoms. The van der Waals surface area contributed by atoms with Crippen LogP contribution in [0.5, 0.6) is 6.01 Å². The Morgan fingerprint density at radius 3 is 2.85 bits per heavy atom. The molecule has 0 aliphatic carbocycles. The lowest BCUT2D eigenvalue weighted by molar-refractivity contribution is 0.0627. The summed E-state index contributed by atoms with van der Waals surface area (Å²) in [6.07, 6.45) is 5.05. The summed E-state index contributed by atoms with van der Waals surface area (Å²) in [6.45, 7) is 6.14. The monoisotopic (exact) mass is 366 g/mol. The number of amides is 1. The van der Waals surface area contributed by atoms with Crippen molar-refractivity contribution in [3.05, 3.63) is 59.9 Å². The molecule has 0 fully saturated rings. The molecule has 0 saturated carbocycles. The number of carbonyl (C=O) groups excluding carboxylic acids is 1. The lowest BCUT2D eigenvalue weighted by atomic mass is 10.2. The molecule has 4 heterocycles. The standard InChI is InChI=1S/C19H22N6O2/c1-3-25-17(10-14(2)22-25)18(26)24-11-15-6-4-9-23(15)12-16(13-24)27-19-20-7-5-8-21-19/h4-10,16H,3,11-13H2,1-2H3. The van der Waals surface area contributed by atoms with E-state index in [1.165, 1.54) is 0 Å². The molecule has 27 heavy (non-hydrogen) atoms. The fourth-order valence-corrected chi connectivity index (χ4v) is 3.40. The van der Waals surface area contributed by atoms with E-state index in [-0.39, 0.29) is 12.0 Å². The van der Waals surface area contributed by atoms with Crippen LogP contribution in [0.2, 0.25) is 0 Å². The van der Waals surface area contributed by atoms with Crippen LogP contribution in [0.1, 0.15) is 28.8 Å². The van der Waals surface area contributed by atoms with E-state index in [1.807, 2.05) is 43.1 Å². The number of ether oxygens (including phenoxy) is 1. The van der Waals surface area contributed by atoms with Gasteiger partial charge in [0.1, 0.15) is 11.8 Å². The van der Waals surface area contributed by atoms with Crippen molar-refractivity contribution in [2.45, 2.75) is 39.6 Å². The molecule has 3 aromatic heterocycles. The molecule has 0 aromatic carbocycles. The van der Waals surface area contributed by atoms with Crippen molar-refractivity contribution in [3.8, 4) is 6.01 Å². The highest BCUT2D eigenvalue weighted by Crippen LogP contribution is 2.19. The normalized spacial score (nSPS) is 16.7. The maximum atomic E-state index is 13.2. The fraction of sp³-hybridized carbons (Fsp3) is 0.368. The number of hydrogen-bond acceptors (Lipinski definition) is 5. The first-order valence-corrected chi connectivity index (χ1v) is 9.05. The number of nitrogens with zero attached hydrogens (tertiary/aromatic N) is 6. The van der Waals surface area contributed by atoms with Crippen molar-refractivity contribution < 1.29 is 9.53 Å². The third-order valence-corrected chi connectivity index (χ3v) is 4.62. The average Bonchev–Trinajstić information content (AvgIpc) is 3.23. The first kappa shape index (κ1) is 17.3. The SMILES string of the molecule is CCn1nc(C)cc1C(=O)N1Cc2cccn2CC(Oc2ncccn2)C1. The van der Waals surface area contributed by atoms with Crippen molar-refractivity contribution >= 4 is 5.91 Å². The second-order valence-electron chi connectivity index (χ2n) is 6.60. The van der Waals surface area contributed by atoms with Gasteiger partial charge in [-0.1, -0.05) is 0 Å². The summed E-state index contributed by atoms with van der Waals surface area (Å²) in [6, 6.07) is 7.92. The first-order valence-electron chi connectivity index (χ1n) is 9.05. The molecule has 1 unspecified atom stereocenters. The zero-order valence-corrected chi connectivity index (χ0v) is 15.4. The lowest BCUT2D eigenvalue weighted by Gasteiger charge is -2.24. The third-order valence-electron chi connectivity index (χ3n) is 4.62. The Bertz CT molecular complexity index is 933.